The van der Waals surface area contributed by atoms with E-state index >= 15 is 0 Å². The first-order valence-electron chi connectivity index (χ1n) is 8.39. The molecule has 8 heteroatoms. The molecule has 5 rings (SSSR count). The summed E-state index contributed by atoms with van der Waals surface area (Å²) in [5.74, 6) is 0.659. The highest BCUT2D eigenvalue weighted by molar-refractivity contribution is 5.78. The summed E-state index contributed by atoms with van der Waals surface area (Å²) in [5, 5.41) is 15.8. The van der Waals surface area contributed by atoms with Crippen LogP contribution in [0.1, 0.15) is 12.8 Å². The lowest BCUT2D eigenvalue weighted by atomic mass is 9.87. The van der Waals surface area contributed by atoms with Crippen LogP contribution in [0.15, 0.2) is 43.0 Å². The van der Waals surface area contributed by atoms with Gasteiger partial charge in [0, 0.05) is 36.2 Å². The predicted molar refractivity (Wildman–Crippen MR) is 94.5 cm³/mol. The molecular formula is C17H18N8. The molecule has 4 aromatic rings. The lowest BCUT2D eigenvalue weighted by Gasteiger charge is -2.35. The highest BCUT2D eigenvalue weighted by atomic mass is 15.3. The molecule has 0 bridgehead atoms. The van der Waals surface area contributed by atoms with Crippen molar-refractivity contribution in [3.8, 4) is 11.3 Å². The maximum Gasteiger partial charge on any atom is 0.241 e. The fourth-order valence-corrected chi connectivity index (χ4v) is 3.30. The van der Waals surface area contributed by atoms with Gasteiger partial charge in [-0.2, -0.15) is 5.10 Å². The van der Waals surface area contributed by atoms with E-state index < -0.39 is 0 Å². The number of aromatic nitrogens is 6. The van der Waals surface area contributed by atoms with Crippen LogP contribution in [0.2, 0.25) is 0 Å². The van der Waals surface area contributed by atoms with Gasteiger partial charge in [-0.15, -0.1) is 5.10 Å². The van der Waals surface area contributed by atoms with E-state index in [2.05, 4.69) is 30.8 Å². The average Bonchev–Trinajstić information content (AvgIpc) is 3.23. The molecule has 0 amide bonds. The van der Waals surface area contributed by atoms with Gasteiger partial charge < -0.3 is 10.6 Å². The number of imidazole rings is 1. The third-order valence-electron chi connectivity index (χ3n) is 4.83. The quantitative estimate of drug-likeness (QED) is 0.590. The summed E-state index contributed by atoms with van der Waals surface area (Å²) in [6.45, 7) is 0. The van der Waals surface area contributed by atoms with E-state index in [4.69, 9.17) is 0 Å². The summed E-state index contributed by atoms with van der Waals surface area (Å²) in [4.78, 5) is 8.71. The zero-order chi connectivity index (χ0) is 16.8. The van der Waals surface area contributed by atoms with Crippen molar-refractivity contribution in [3.63, 3.8) is 0 Å². The number of rotatable bonds is 4. The molecule has 0 aromatic carbocycles. The van der Waals surface area contributed by atoms with Gasteiger partial charge in [-0.1, -0.05) is 0 Å². The highest BCUT2D eigenvalue weighted by Crippen LogP contribution is 2.25. The molecule has 0 aliphatic heterocycles. The molecule has 0 unspecified atom stereocenters. The Morgan fingerprint density at radius 1 is 1.00 bits per heavy atom. The molecule has 1 aliphatic rings. The molecule has 0 radical (unpaired) electrons. The van der Waals surface area contributed by atoms with E-state index in [0.717, 1.165) is 35.3 Å². The summed E-state index contributed by atoms with van der Waals surface area (Å²) in [6.07, 6.45) is 9.57. The van der Waals surface area contributed by atoms with Crippen molar-refractivity contribution >= 4 is 17.1 Å². The third-order valence-corrected chi connectivity index (χ3v) is 4.83. The molecule has 0 spiro atoms. The monoisotopic (exact) mass is 334 g/mol. The first-order valence-corrected chi connectivity index (χ1v) is 8.39. The fourth-order valence-electron chi connectivity index (χ4n) is 3.30. The maximum absolute atomic E-state index is 4.60. The minimum atomic E-state index is 0.440. The minimum absolute atomic E-state index is 0.440. The van der Waals surface area contributed by atoms with Crippen LogP contribution in [-0.4, -0.2) is 48.3 Å². The average molecular weight is 334 g/mol. The summed E-state index contributed by atoms with van der Waals surface area (Å²) >= 11 is 0. The zero-order valence-electron chi connectivity index (χ0n) is 13.8. The molecule has 4 heterocycles. The topological polar surface area (TPSA) is 84.4 Å². The van der Waals surface area contributed by atoms with Gasteiger partial charge in [-0.3, -0.25) is 0 Å². The second-order valence-electron chi connectivity index (χ2n) is 6.39. The van der Waals surface area contributed by atoms with Crippen LogP contribution in [0, 0.1) is 0 Å². The van der Waals surface area contributed by atoms with Gasteiger partial charge in [0.05, 0.1) is 17.4 Å². The second kappa shape index (κ2) is 5.52. The van der Waals surface area contributed by atoms with Crippen molar-refractivity contribution in [1.82, 2.24) is 34.5 Å². The van der Waals surface area contributed by atoms with Crippen LogP contribution < -0.4 is 10.6 Å². The molecular weight excluding hydrogens is 316 g/mol. The van der Waals surface area contributed by atoms with E-state index in [1.807, 2.05) is 48.4 Å². The molecule has 126 valence electrons. The van der Waals surface area contributed by atoms with Crippen molar-refractivity contribution in [1.29, 1.82) is 0 Å². The Kier molecular flexibility index (Phi) is 3.17. The molecule has 2 N–H and O–H groups in total. The SMILES string of the molecule is CN[C@H]1C[C@H](Nc2ncc3c(-c4ccc5nccn5n4)ccn3n2)C1. The lowest BCUT2D eigenvalue weighted by molar-refractivity contribution is 0.325. The zero-order valence-corrected chi connectivity index (χ0v) is 13.8. The van der Waals surface area contributed by atoms with Gasteiger partial charge in [0.25, 0.3) is 0 Å². The Bertz CT molecular complexity index is 1040. The maximum atomic E-state index is 4.60. The number of nitrogens with zero attached hydrogens (tertiary/aromatic N) is 6. The predicted octanol–water partition coefficient (Wildman–Crippen LogP) is 1.60. The Hall–Kier alpha value is -3.00. The van der Waals surface area contributed by atoms with Gasteiger partial charge in [-0.05, 0) is 38.1 Å². The Morgan fingerprint density at radius 2 is 1.92 bits per heavy atom. The van der Waals surface area contributed by atoms with Crippen molar-refractivity contribution < 1.29 is 0 Å². The third kappa shape index (κ3) is 2.42. The normalized spacial score (nSPS) is 20.0. The number of anilines is 1. The first-order chi connectivity index (χ1) is 12.3. The summed E-state index contributed by atoms with van der Waals surface area (Å²) in [5.41, 5.74) is 3.63. The first kappa shape index (κ1) is 14.4. The summed E-state index contributed by atoms with van der Waals surface area (Å²) < 4.78 is 3.61. The minimum Gasteiger partial charge on any atom is -0.350 e. The Labute approximate surface area is 143 Å². The van der Waals surface area contributed by atoms with Gasteiger partial charge in [0.1, 0.15) is 0 Å². The highest BCUT2D eigenvalue weighted by Gasteiger charge is 2.28. The smallest absolute Gasteiger partial charge is 0.241 e. The number of hydrogen-bond acceptors (Lipinski definition) is 6. The molecule has 8 nitrogen and oxygen atoms in total. The molecule has 0 saturated heterocycles. The molecule has 25 heavy (non-hydrogen) atoms. The largest absolute Gasteiger partial charge is 0.350 e. The van der Waals surface area contributed by atoms with E-state index in [-0.39, 0.29) is 0 Å². The van der Waals surface area contributed by atoms with Crippen molar-refractivity contribution in [2.75, 3.05) is 12.4 Å². The molecule has 1 aliphatic carbocycles. The molecule has 1 fully saturated rings. The summed E-state index contributed by atoms with van der Waals surface area (Å²) in [6, 6.07) is 6.98. The molecule has 0 atom stereocenters. The van der Waals surface area contributed by atoms with Crippen LogP contribution in [-0.2, 0) is 0 Å². The Morgan fingerprint density at radius 3 is 2.80 bits per heavy atom. The molecule has 4 aromatic heterocycles. The van der Waals surface area contributed by atoms with Crippen LogP contribution >= 0.6 is 0 Å². The van der Waals surface area contributed by atoms with Crippen molar-refractivity contribution in [2.45, 2.75) is 24.9 Å². The number of fused-ring (bicyclic) bond motifs is 2. The number of nitrogens with one attached hydrogen (secondary N) is 2. The fraction of sp³-hybridized carbons (Fsp3) is 0.294. The van der Waals surface area contributed by atoms with Crippen LogP contribution in [0.4, 0.5) is 5.95 Å². The van der Waals surface area contributed by atoms with Crippen molar-refractivity contribution in [3.05, 3.63) is 43.0 Å². The van der Waals surface area contributed by atoms with Gasteiger partial charge in [0.15, 0.2) is 5.65 Å². The van der Waals surface area contributed by atoms with Gasteiger partial charge in [0.2, 0.25) is 5.95 Å². The van der Waals surface area contributed by atoms with Crippen LogP contribution in [0.5, 0.6) is 0 Å². The second-order valence-corrected chi connectivity index (χ2v) is 6.39. The lowest BCUT2D eigenvalue weighted by Crippen LogP contribution is -2.46. The van der Waals surface area contributed by atoms with Crippen molar-refractivity contribution in [2.24, 2.45) is 0 Å². The van der Waals surface area contributed by atoms with E-state index in [1.54, 1.807) is 10.7 Å². The van der Waals surface area contributed by atoms with Crippen LogP contribution in [0.25, 0.3) is 22.4 Å². The van der Waals surface area contributed by atoms with Gasteiger partial charge >= 0.3 is 0 Å². The summed E-state index contributed by atoms with van der Waals surface area (Å²) in [7, 11) is 2.00. The van der Waals surface area contributed by atoms with E-state index in [1.165, 1.54) is 0 Å². The van der Waals surface area contributed by atoms with E-state index in [0.29, 0.717) is 18.0 Å². The van der Waals surface area contributed by atoms with E-state index in [9.17, 15) is 0 Å². The number of hydrogen-bond donors (Lipinski definition) is 2. The van der Waals surface area contributed by atoms with Gasteiger partial charge in [-0.25, -0.2) is 19.0 Å². The van der Waals surface area contributed by atoms with Crippen LogP contribution in [0.3, 0.4) is 0 Å². The Balaban J connectivity index is 1.45. The molecule has 1 saturated carbocycles. The standard InChI is InChI=1S/C17H18N8/c1-18-11-8-12(9-11)21-17-20-10-15-13(4-6-24(15)23-17)14-2-3-16-19-5-7-25(16)22-14/h2-7,10-12,18H,8-9H2,1H3,(H,21,23)/t11-,12-.